The number of hydrogen-bond acceptors (Lipinski definition) is 2. The number of nitrogens with zero attached hydrogens (tertiary/aromatic N) is 1. The SMILES string of the molecule is CN1C(=O)Cc2cc(C(N)c3ccc(Br)c(Cl)c3)ccc21. The van der Waals surface area contributed by atoms with Crippen LogP contribution in [0.2, 0.25) is 5.02 Å². The minimum Gasteiger partial charge on any atom is -0.320 e. The second-order valence-electron chi connectivity index (χ2n) is 5.17. The number of hydrogen-bond donors (Lipinski definition) is 1. The smallest absolute Gasteiger partial charge is 0.231 e. The molecule has 0 saturated carbocycles. The topological polar surface area (TPSA) is 46.3 Å². The van der Waals surface area contributed by atoms with Crippen LogP contribution in [0.25, 0.3) is 0 Å². The Bertz CT molecular complexity index is 732. The Kier molecular flexibility index (Phi) is 3.78. The molecule has 2 aromatic rings. The highest BCUT2D eigenvalue weighted by Crippen LogP contribution is 2.32. The molecule has 1 aliphatic heterocycles. The van der Waals surface area contributed by atoms with E-state index in [1.165, 1.54) is 0 Å². The Morgan fingerprint density at radius 1 is 1.24 bits per heavy atom. The third kappa shape index (κ3) is 2.59. The van der Waals surface area contributed by atoms with Gasteiger partial charge in [-0.15, -0.1) is 0 Å². The van der Waals surface area contributed by atoms with E-state index in [2.05, 4.69) is 15.9 Å². The van der Waals surface area contributed by atoms with Crippen molar-refractivity contribution >= 4 is 39.1 Å². The molecule has 1 amide bonds. The first-order chi connectivity index (χ1) is 9.97. The van der Waals surface area contributed by atoms with Crippen LogP contribution in [0.3, 0.4) is 0 Å². The number of rotatable bonds is 2. The average Bonchev–Trinajstić information content (AvgIpc) is 2.76. The van der Waals surface area contributed by atoms with Gasteiger partial charge in [-0.3, -0.25) is 4.79 Å². The molecule has 21 heavy (non-hydrogen) atoms. The average molecular weight is 366 g/mol. The van der Waals surface area contributed by atoms with Gasteiger partial charge in [0.2, 0.25) is 5.91 Å². The number of benzene rings is 2. The lowest BCUT2D eigenvalue weighted by Gasteiger charge is -2.16. The summed E-state index contributed by atoms with van der Waals surface area (Å²) >= 11 is 9.50. The van der Waals surface area contributed by atoms with Crippen LogP contribution in [-0.4, -0.2) is 13.0 Å². The lowest BCUT2D eigenvalue weighted by molar-refractivity contribution is -0.117. The second kappa shape index (κ2) is 5.44. The summed E-state index contributed by atoms with van der Waals surface area (Å²) in [6.45, 7) is 0. The summed E-state index contributed by atoms with van der Waals surface area (Å²) in [5.74, 6) is 0.113. The number of fused-ring (bicyclic) bond motifs is 1. The van der Waals surface area contributed by atoms with Gasteiger partial charge in [0.1, 0.15) is 0 Å². The molecule has 0 fully saturated rings. The van der Waals surface area contributed by atoms with Crippen LogP contribution >= 0.6 is 27.5 Å². The Balaban J connectivity index is 1.96. The third-order valence-corrected chi connectivity index (χ3v) is 5.08. The summed E-state index contributed by atoms with van der Waals surface area (Å²) in [5.41, 5.74) is 10.2. The lowest BCUT2D eigenvalue weighted by Crippen LogP contribution is -2.20. The molecule has 2 aromatic carbocycles. The molecule has 0 spiro atoms. The molecule has 0 bridgehead atoms. The fourth-order valence-corrected chi connectivity index (χ4v) is 3.02. The number of nitrogens with two attached hydrogens (primary N) is 1. The molecule has 0 radical (unpaired) electrons. The normalized spacial score (nSPS) is 15.2. The van der Waals surface area contributed by atoms with Crippen molar-refractivity contribution in [1.29, 1.82) is 0 Å². The predicted molar refractivity (Wildman–Crippen MR) is 88.7 cm³/mol. The van der Waals surface area contributed by atoms with Gasteiger partial charge in [-0.2, -0.15) is 0 Å². The van der Waals surface area contributed by atoms with E-state index in [1.807, 2.05) is 36.4 Å². The highest BCUT2D eigenvalue weighted by Gasteiger charge is 2.24. The van der Waals surface area contributed by atoms with E-state index in [0.29, 0.717) is 11.4 Å². The molecule has 3 nitrogen and oxygen atoms in total. The Morgan fingerprint density at radius 2 is 1.90 bits per heavy atom. The summed E-state index contributed by atoms with van der Waals surface area (Å²) in [6, 6.07) is 11.4. The van der Waals surface area contributed by atoms with Crippen molar-refractivity contribution in [3.8, 4) is 0 Å². The van der Waals surface area contributed by atoms with Crippen LogP contribution in [0, 0.1) is 0 Å². The van der Waals surface area contributed by atoms with Crippen molar-refractivity contribution in [3.63, 3.8) is 0 Å². The quantitative estimate of drug-likeness (QED) is 0.882. The Hall–Kier alpha value is -1.36. The van der Waals surface area contributed by atoms with E-state index in [-0.39, 0.29) is 11.9 Å². The van der Waals surface area contributed by atoms with E-state index in [1.54, 1.807) is 11.9 Å². The molecule has 0 saturated heterocycles. The van der Waals surface area contributed by atoms with Gasteiger partial charge >= 0.3 is 0 Å². The molecule has 1 unspecified atom stereocenters. The molecule has 1 heterocycles. The monoisotopic (exact) mass is 364 g/mol. The van der Waals surface area contributed by atoms with Crippen LogP contribution in [0.5, 0.6) is 0 Å². The van der Waals surface area contributed by atoms with Crippen molar-refractivity contribution in [3.05, 3.63) is 62.6 Å². The summed E-state index contributed by atoms with van der Waals surface area (Å²) in [4.78, 5) is 13.4. The highest BCUT2D eigenvalue weighted by atomic mass is 79.9. The summed E-state index contributed by atoms with van der Waals surface area (Å²) < 4.78 is 0.848. The standard InChI is InChI=1S/C16H14BrClN2O/c1-20-14-5-3-9(6-11(14)8-15(20)21)16(19)10-2-4-12(17)13(18)7-10/h2-7,16H,8,19H2,1H3. The molecular weight excluding hydrogens is 352 g/mol. The van der Waals surface area contributed by atoms with E-state index < -0.39 is 0 Å². The first kappa shape index (κ1) is 14.6. The summed E-state index contributed by atoms with van der Waals surface area (Å²) in [6.07, 6.45) is 0.438. The maximum Gasteiger partial charge on any atom is 0.231 e. The number of likely N-dealkylation sites (N-methyl/N-ethyl adjacent to an activating group) is 1. The van der Waals surface area contributed by atoms with Crippen molar-refractivity contribution < 1.29 is 4.79 Å². The minimum atomic E-state index is -0.262. The number of halogens is 2. The molecule has 0 aliphatic carbocycles. The van der Waals surface area contributed by atoms with E-state index in [4.69, 9.17) is 17.3 Å². The van der Waals surface area contributed by atoms with Crippen molar-refractivity contribution in [1.82, 2.24) is 0 Å². The van der Waals surface area contributed by atoms with Crippen molar-refractivity contribution in [2.24, 2.45) is 5.73 Å². The first-order valence-electron chi connectivity index (χ1n) is 6.57. The zero-order valence-electron chi connectivity index (χ0n) is 11.4. The van der Waals surface area contributed by atoms with Crippen LogP contribution in [0.4, 0.5) is 5.69 Å². The molecule has 0 aromatic heterocycles. The van der Waals surface area contributed by atoms with Crippen LogP contribution in [0.1, 0.15) is 22.7 Å². The van der Waals surface area contributed by atoms with Gasteiger partial charge in [-0.25, -0.2) is 0 Å². The van der Waals surface area contributed by atoms with Gasteiger partial charge in [0.25, 0.3) is 0 Å². The Morgan fingerprint density at radius 3 is 2.62 bits per heavy atom. The van der Waals surface area contributed by atoms with Gasteiger partial charge in [-0.1, -0.05) is 29.8 Å². The zero-order valence-corrected chi connectivity index (χ0v) is 13.8. The lowest BCUT2D eigenvalue weighted by atomic mass is 9.97. The van der Waals surface area contributed by atoms with Gasteiger partial charge in [0.15, 0.2) is 0 Å². The first-order valence-corrected chi connectivity index (χ1v) is 7.74. The molecule has 2 N–H and O–H groups in total. The zero-order chi connectivity index (χ0) is 15.1. The summed E-state index contributed by atoms with van der Waals surface area (Å²) in [7, 11) is 1.79. The number of anilines is 1. The van der Waals surface area contributed by atoms with Crippen LogP contribution in [-0.2, 0) is 11.2 Å². The molecule has 1 atom stereocenters. The van der Waals surface area contributed by atoms with Gasteiger partial charge in [0.05, 0.1) is 17.5 Å². The molecular formula is C16H14BrClN2O. The fraction of sp³-hybridized carbons (Fsp3) is 0.188. The van der Waals surface area contributed by atoms with Gasteiger partial charge < -0.3 is 10.6 Å². The maximum absolute atomic E-state index is 11.7. The largest absolute Gasteiger partial charge is 0.320 e. The highest BCUT2D eigenvalue weighted by molar-refractivity contribution is 9.10. The fourth-order valence-electron chi connectivity index (χ4n) is 2.58. The minimum absolute atomic E-state index is 0.113. The molecule has 5 heteroatoms. The van der Waals surface area contributed by atoms with Gasteiger partial charge in [-0.05, 0) is 50.8 Å². The van der Waals surface area contributed by atoms with Crippen LogP contribution < -0.4 is 10.6 Å². The van der Waals surface area contributed by atoms with Crippen molar-refractivity contribution in [2.45, 2.75) is 12.5 Å². The van der Waals surface area contributed by atoms with E-state index in [0.717, 1.165) is 26.9 Å². The summed E-state index contributed by atoms with van der Waals surface area (Å²) in [5, 5.41) is 0.638. The van der Waals surface area contributed by atoms with Crippen LogP contribution in [0.15, 0.2) is 40.9 Å². The van der Waals surface area contributed by atoms with Gasteiger partial charge in [0, 0.05) is 17.2 Å². The second-order valence-corrected chi connectivity index (χ2v) is 6.43. The maximum atomic E-state index is 11.7. The Labute approximate surface area is 136 Å². The number of amides is 1. The number of carbonyl (C=O) groups excluding carboxylic acids is 1. The molecule has 3 rings (SSSR count). The van der Waals surface area contributed by atoms with E-state index in [9.17, 15) is 4.79 Å². The molecule has 1 aliphatic rings. The van der Waals surface area contributed by atoms with Crippen molar-refractivity contribution in [2.75, 3.05) is 11.9 Å². The third-order valence-electron chi connectivity index (χ3n) is 3.84. The predicted octanol–water partition coefficient (Wildman–Crippen LogP) is 3.67. The number of carbonyl (C=O) groups is 1. The van der Waals surface area contributed by atoms with E-state index >= 15 is 0 Å². The molecule has 108 valence electrons.